The Balaban J connectivity index is 4.24. The minimum Gasteiger partial charge on any atom is -0.469 e. The van der Waals surface area contributed by atoms with Crippen molar-refractivity contribution in [3.05, 3.63) is 0 Å². The molecule has 0 aromatic rings. The molecule has 5 heteroatoms. The number of hydrogen-bond donors (Lipinski definition) is 1. The van der Waals surface area contributed by atoms with Crippen LogP contribution in [-0.4, -0.2) is 43.0 Å². The van der Waals surface area contributed by atoms with Gasteiger partial charge in [0.25, 0.3) is 0 Å². The summed E-state index contributed by atoms with van der Waals surface area (Å²) in [4.78, 5) is 23.9. The summed E-state index contributed by atoms with van der Waals surface area (Å²) in [7, 11) is 1.36. The van der Waals surface area contributed by atoms with Gasteiger partial charge in [0.05, 0.1) is 20.1 Å². The van der Waals surface area contributed by atoms with Crippen molar-refractivity contribution in [3.8, 4) is 0 Å². The van der Waals surface area contributed by atoms with Crippen LogP contribution in [0.2, 0.25) is 0 Å². The van der Waals surface area contributed by atoms with E-state index in [1.54, 1.807) is 0 Å². The second-order valence-electron chi connectivity index (χ2n) is 3.92. The molecule has 0 aliphatic rings. The summed E-state index contributed by atoms with van der Waals surface area (Å²) in [5.41, 5.74) is 5.17. The second-order valence-corrected chi connectivity index (χ2v) is 3.92. The Morgan fingerprint density at radius 2 is 2.06 bits per heavy atom. The molecule has 0 rings (SSSR count). The van der Waals surface area contributed by atoms with E-state index in [4.69, 9.17) is 5.73 Å². The highest BCUT2D eigenvalue weighted by Gasteiger charge is 2.18. The van der Waals surface area contributed by atoms with Gasteiger partial charge in [0.1, 0.15) is 0 Å². The fraction of sp³-hybridized carbons (Fsp3) is 0.818. The molecule has 0 aromatic carbocycles. The molecule has 94 valence electrons. The lowest BCUT2D eigenvalue weighted by Crippen LogP contribution is -2.41. The van der Waals surface area contributed by atoms with Gasteiger partial charge in [-0.3, -0.25) is 14.5 Å². The van der Waals surface area contributed by atoms with Crippen molar-refractivity contribution in [1.29, 1.82) is 0 Å². The molecule has 1 amide bonds. The molecular weight excluding hydrogens is 208 g/mol. The van der Waals surface area contributed by atoms with Crippen molar-refractivity contribution < 1.29 is 14.3 Å². The van der Waals surface area contributed by atoms with E-state index < -0.39 is 0 Å². The first-order chi connectivity index (χ1) is 7.51. The van der Waals surface area contributed by atoms with E-state index in [1.807, 2.05) is 11.8 Å². The second kappa shape index (κ2) is 8.10. The molecular formula is C11H22N2O3. The first-order valence-corrected chi connectivity index (χ1v) is 5.60. The maximum atomic E-state index is 11.1. The Kier molecular flexibility index (Phi) is 7.54. The van der Waals surface area contributed by atoms with Crippen molar-refractivity contribution in [2.24, 2.45) is 5.73 Å². The van der Waals surface area contributed by atoms with Gasteiger partial charge in [0.2, 0.25) is 5.91 Å². The summed E-state index contributed by atoms with van der Waals surface area (Å²) in [5.74, 6) is -0.633. The molecule has 0 fully saturated rings. The lowest BCUT2D eigenvalue weighted by Gasteiger charge is -2.26. The van der Waals surface area contributed by atoms with Gasteiger partial charge in [-0.15, -0.1) is 0 Å². The van der Waals surface area contributed by atoms with E-state index in [2.05, 4.69) is 11.7 Å². The SMILES string of the molecule is CCCCN(CC(N)=O)C(C)CC(=O)OC. The van der Waals surface area contributed by atoms with E-state index in [9.17, 15) is 9.59 Å². The van der Waals surface area contributed by atoms with Crippen LogP contribution in [0.5, 0.6) is 0 Å². The van der Waals surface area contributed by atoms with Crippen molar-refractivity contribution in [2.45, 2.75) is 39.2 Å². The van der Waals surface area contributed by atoms with Gasteiger partial charge in [0.15, 0.2) is 0 Å². The number of carbonyl (C=O) groups excluding carboxylic acids is 2. The molecule has 0 spiro atoms. The summed E-state index contributed by atoms with van der Waals surface area (Å²) in [6.45, 7) is 4.94. The molecule has 0 heterocycles. The topological polar surface area (TPSA) is 72.6 Å². The van der Waals surface area contributed by atoms with Crippen LogP contribution in [0.3, 0.4) is 0 Å². The number of methoxy groups -OCH3 is 1. The highest BCUT2D eigenvalue weighted by Crippen LogP contribution is 2.06. The number of primary amides is 1. The largest absolute Gasteiger partial charge is 0.469 e. The van der Waals surface area contributed by atoms with Crippen LogP contribution in [0.1, 0.15) is 33.1 Å². The number of carbonyl (C=O) groups is 2. The van der Waals surface area contributed by atoms with Gasteiger partial charge in [-0.1, -0.05) is 13.3 Å². The van der Waals surface area contributed by atoms with Gasteiger partial charge in [0, 0.05) is 6.04 Å². The molecule has 0 aliphatic heterocycles. The number of unbranched alkanes of at least 4 members (excludes halogenated alkanes) is 1. The highest BCUT2D eigenvalue weighted by atomic mass is 16.5. The molecule has 1 unspecified atom stereocenters. The van der Waals surface area contributed by atoms with Gasteiger partial charge in [-0.05, 0) is 19.9 Å². The summed E-state index contributed by atoms with van der Waals surface area (Å²) in [5, 5.41) is 0. The number of rotatable bonds is 8. The Morgan fingerprint density at radius 1 is 1.44 bits per heavy atom. The van der Waals surface area contributed by atoms with Crippen molar-refractivity contribution in [2.75, 3.05) is 20.2 Å². The first kappa shape index (κ1) is 14.9. The van der Waals surface area contributed by atoms with Crippen molar-refractivity contribution >= 4 is 11.9 Å². The Morgan fingerprint density at radius 3 is 2.50 bits per heavy atom. The zero-order valence-electron chi connectivity index (χ0n) is 10.4. The first-order valence-electron chi connectivity index (χ1n) is 5.60. The number of hydrogen-bond acceptors (Lipinski definition) is 4. The monoisotopic (exact) mass is 230 g/mol. The maximum absolute atomic E-state index is 11.1. The van der Waals surface area contributed by atoms with Crippen LogP contribution in [0, 0.1) is 0 Å². The molecule has 5 nitrogen and oxygen atoms in total. The van der Waals surface area contributed by atoms with Gasteiger partial charge >= 0.3 is 5.97 Å². The standard InChI is InChI=1S/C11H22N2O3/c1-4-5-6-13(8-10(12)14)9(2)7-11(15)16-3/h9H,4-8H2,1-3H3,(H2,12,14). The molecule has 0 aliphatic carbocycles. The third kappa shape index (κ3) is 6.40. The van der Waals surface area contributed by atoms with E-state index in [0.717, 1.165) is 19.4 Å². The van der Waals surface area contributed by atoms with Gasteiger partial charge in [-0.2, -0.15) is 0 Å². The predicted octanol–water partition coefficient (Wildman–Crippen LogP) is 0.525. The lowest BCUT2D eigenvalue weighted by molar-refractivity contribution is -0.142. The molecule has 0 aromatic heterocycles. The highest BCUT2D eigenvalue weighted by molar-refractivity contribution is 5.76. The number of nitrogens with zero attached hydrogens (tertiary/aromatic N) is 1. The fourth-order valence-electron chi connectivity index (χ4n) is 1.47. The van der Waals surface area contributed by atoms with Crippen LogP contribution >= 0.6 is 0 Å². The summed E-state index contributed by atoms with van der Waals surface area (Å²) in [6, 6.07) is -0.0218. The van der Waals surface area contributed by atoms with E-state index in [1.165, 1.54) is 7.11 Å². The maximum Gasteiger partial charge on any atom is 0.307 e. The third-order valence-corrected chi connectivity index (χ3v) is 2.47. The van der Waals surface area contributed by atoms with E-state index in [0.29, 0.717) is 0 Å². The predicted molar refractivity (Wildman–Crippen MR) is 61.8 cm³/mol. The van der Waals surface area contributed by atoms with Crippen LogP contribution in [0.25, 0.3) is 0 Å². The fourth-order valence-corrected chi connectivity index (χ4v) is 1.47. The third-order valence-electron chi connectivity index (χ3n) is 2.47. The minimum atomic E-state index is -0.368. The number of nitrogens with two attached hydrogens (primary N) is 1. The Labute approximate surface area is 96.9 Å². The Bertz CT molecular complexity index is 231. The van der Waals surface area contributed by atoms with Crippen LogP contribution < -0.4 is 5.73 Å². The number of esters is 1. The number of ether oxygens (including phenoxy) is 1. The summed E-state index contributed by atoms with van der Waals surface area (Å²) in [6.07, 6.45) is 2.31. The zero-order valence-corrected chi connectivity index (χ0v) is 10.4. The average Bonchev–Trinajstić information content (AvgIpc) is 2.23. The molecule has 0 bridgehead atoms. The van der Waals surface area contributed by atoms with E-state index >= 15 is 0 Å². The zero-order chi connectivity index (χ0) is 12.6. The average molecular weight is 230 g/mol. The molecule has 1 atom stereocenters. The molecule has 2 N–H and O–H groups in total. The smallest absolute Gasteiger partial charge is 0.307 e. The number of amides is 1. The lowest BCUT2D eigenvalue weighted by atomic mass is 10.2. The normalized spacial score (nSPS) is 12.5. The van der Waals surface area contributed by atoms with Crippen LogP contribution in [-0.2, 0) is 14.3 Å². The minimum absolute atomic E-state index is 0.0218. The van der Waals surface area contributed by atoms with Crippen LogP contribution in [0.4, 0.5) is 0 Å². The molecule has 0 radical (unpaired) electrons. The summed E-state index contributed by atoms with van der Waals surface area (Å²) >= 11 is 0. The van der Waals surface area contributed by atoms with Gasteiger partial charge < -0.3 is 10.5 Å². The molecule has 16 heavy (non-hydrogen) atoms. The Hall–Kier alpha value is -1.10. The van der Waals surface area contributed by atoms with Gasteiger partial charge in [-0.25, -0.2) is 0 Å². The molecule has 0 saturated heterocycles. The summed E-state index contributed by atoms with van der Waals surface area (Å²) < 4.78 is 4.60. The van der Waals surface area contributed by atoms with E-state index in [-0.39, 0.29) is 30.9 Å². The van der Waals surface area contributed by atoms with Crippen molar-refractivity contribution in [3.63, 3.8) is 0 Å². The molecule has 0 saturated carbocycles. The van der Waals surface area contributed by atoms with Crippen molar-refractivity contribution in [1.82, 2.24) is 4.90 Å². The quantitative estimate of drug-likeness (QED) is 0.617. The van der Waals surface area contributed by atoms with Crippen LogP contribution in [0.15, 0.2) is 0 Å².